The number of carbonyl (C=O) groups is 2. The Labute approximate surface area is 169 Å². The molecule has 1 amide bonds. The minimum absolute atomic E-state index is 0.0888. The van der Waals surface area contributed by atoms with Gasteiger partial charge < -0.3 is 14.5 Å². The molecule has 1 aliphatic heterocycles. The molecule has 1 fully saturated rings. The number of hydrogen-bond donors (Lipinski definition) is 1. The highest BCUT2D eigenvalue weighted by Crippen LogP contribution is 2.23. The minimum atomic E-state index is -3.71. The molecule has 1 aromatic carbocycles. The highest BCUT2D eigenvalue weighted by molar-refractivity contribution is 7.89. The molecule has 154 valence electrons. The molecule has 0 atom stereocenters. The van der Waals surface area contributed by atoms with Gasteiger partial charge in [-0.15, -0.1) is 0 Å². The zero-order valence-corrected chi connectivity index (χ0v) is 16.8. The van der Waals surface area contributed by atoms with E-state index in [0.29, 0.717) is 25.4 Å². The first-order chi connectivity index (χ1) is 13.9. The highest BCUT2D eigenvalue weighted by atomic mass is 32.2. The minimum Gasteiger partial charge on any atom is -0.463 e. The van der Waals surface area contributed by atoms with Crippen LogP contribution in [0.1, 0.15) is 35.9 Å². The summed E-state index contributed by atoms with van der Waals surface area (Å²) in [7, 11) is -3.71. The predicted octanol–water partition coefficient (Wildman–Crippen LogP) is 2.89. The Hall–Kier alpha value is -2.91. The van der Waals surface area contributed by atoms with Crippen LogP contribution in [0.3, 0.4) is 0 Å². The molecule has 1 aromatic heterocycles. The van der Waals surface area contributed by atoms with Gasteiger partial charge in [-0.1, -0.05) is 12.1 Å². The zero-order chi connectivity index (χ0) is 20.9. The van der Waals surface area contributed by atoms with Crippen molar-refractivity contribution in [3.63, 3.8) is 0 Å². The maximum atomic E-state index is 12.5. The van der Waals surface area contributed by atoms with Crippen molar-refractivity contribution in [3.05, 3.63) is 53.8 Å². The van der Waals surface area contributed by atoms with Crippen molar-refractivity contribution in [1.29, 1.82) is 0 Å². The number of furan rings is 1. The van der Waals surface area contributed by atoms with Crippen LogP contribution in [0.5, 0.6) is 0 Å². The summed E-state index contributed by atoms with van der Waals surface area (Å²) in [6.45, 7) is 2.96. The van der Waals surface area contributed by atoms with E-state index in [1.165, 1.54) is 22.5 Å². The number of anilines is 1. The molecule has 9 heteroatoms. The predicted molar refractivity (Wildman–Crippen MR) is 107 cm³/mol. The third-order valence-electron chi connectivity index (χ3n) is 4.33. The molecule has 0 unspecified atom stereocenters. The second-order valence-corrected chi connectivity index (χ2v) is 8.26. The lowest BCUT2D eigenvalue weighted by Gasteiger charge is -2.12. The normalized spacial score (nSPS) is 14.9. The Balaban J connectivity index is 1.63. The van der Waals surface area contributed by atoms with Crippen LogP contribution < -0.4 is 5.32 Å². The van der Waals surface area contributed by atoms with Crippen LogP contribution in [-0.4, -0.2) is 44.3 Å². The Morgan fingerprint density at radius 1 is 1.14 bits per heavy atom. The first-order valence-corrected chi connectivity index (χ1v) is 10.7. The molecule has 0 bridgehead atoms. The zero-order valence-electron chi connectivity index (χ0n) is 16.0. The standard InChI is InChI=1S/C20H22N2O6S/c1-2-27-18(23)11-7-15-5-8-16(9-6-15)21-20(24)17-10-12-19(28-17)29(25,26)22-13-3-4-14-22/h5-12H,2-4,13-14H2,1H3,(H,21,24)/b11-7+. The number of ether oxygens (including phenoxy) is 1. The molecule has 1 saturated heterocycles. The van der Waals surface area contributed by atoms with Gasteiger partial charge in [-0.3, -0.25) is 4.79 Å². The van der Waals surface area contributed by atoms with Gasteiger partial charge in [-0.05, 0) is 55.7 Å². The third-order valence-corrected chi connectivity index (χ3v) is 6.10. The molecule has 0 radical (unpaired) electrons. The van der Waals surface area contributed by atoms with Crippen LogP contribution in [0.2, 0.25) is 0 Å². The summed E-state index contributed by atoms with van der Waals surface area (Å²) < 4.78 is 36.4. The van der Waals surface area contributed by atoms with E-state index < -0.39 is 21.9 Å². The number of benzene rings is 1. The molecule has 0 saturated carbocycles. The van der Waals surface area contributed by atoms with Crippen molar-refractivity contribution in [3.8, 4) is 0 Å². The van der Waals surface area contributed by atoms with E-state index in [1.54, 1.807) is 37.3 Å². The van der Waals surface area contributed by atoms with E-state index in [9.17, 15) is 18.0 Å². The maximum absolute atomic E-state index is 12.5. The maximum Gasteiger partial charge on any atom is 0.330 e. The van der Waals surface area contributed by atoms with Gasteiger partial charge in [-0.25, -0.2) is 13.2 Å². The van der Waals surface area contributed by atoms with Crippen molar-refractivity contribution >= 4 is 33.7 Å². The first-order valence-electron chi connectivity index (χ1n) is 9.26. The van der Waals surface area contributed by atoms with Crippen molar-refractivity contribution < 1.29 is 27.2 Å². The molecule has 2 aromatic rings. The quantitative estimate of drug-likeness (QED) is 0.547. The van der Waals surface area contributed by atoms with E-state index >= 15 is 0 Å². The molecule has 3 rings (SSSR count). The van der Waals surface area contributed by atoms with Crippen LogP contribution >= 0.6 is 0 Å². The fraction of sp³-hybridized carbons (Fsp3) is 0.300. The second-order valence-electron chi connectivity index (χ2n) is 6.39. The van der Waals surface area contributed by atoms with Crippen molar-refractivity contribution in [1.82, 2.24) is 4.31 Å². The molecule has 8 nitrogen and oxygen atoms in total. The van der Waals surface area contributed by atoms with Gasteiger partial charge in [0, 0.05) is 24.9 Å². The summed E-state index contributed by atoms with van der Waals surface area (Å²) in [6.07, 6.45) is 4.56. The van der Waals surface area contributed by atoms with Gasteiger partial charge in [0.15, 0.2) is 5.76 Å². The van der Waals surface area contributed by atoms with E-state index in [-0.39, 0.29) is 10.9 Å². The third kappa shape index (κ3) is 5.12. The molecule has 1 N–H and O–H groups in total. The van der Waals surface area contributed by atoms with E-state index in [4.69, 9.17) is 9.15 Å². The Morgan fingerprint density at radius 3 is 2.48 bits per heavy atom. The summed E-state index contributed by atoms with van der Waals surface area (Å²) >= 11 is 0. The van der Waals surface area contributed by atoms with Crippen LogP contribution in [-0.2, 0) is 19.6 Å². The number of nitrogens with zero attached hydrogens (tertiary/aromatic N) is 1. The highest BCUT2D eigenvalue weighted by Gasteiger charge is 2.30. The van der Waals surface area contributed by atoms with Crippen LogP contribution in [0, 0.1) is 0 Å². The fourth-order valence-electron chi connectivity index (χ4n) is 2.86. The second kappa shape index (κ2) is 9.06. The van der Waals surface area contributed by atoms with Gasteiger partial charge >= 0.3 is 5.97 Å². The average molecular weight is 418 g/mol. The first kappa shape index (κ1) is 20.8. The van der Waals surface area contributed by atoms with Gasteiger partial charge in [0.05, 0.1) is 6.61 Å². The van der Waals surface area contributed by atoms with Crippen molar-refractivity contribution in [2.45, 2.75) is 24.9 Å². The van der Waals surface area contributed by atoms with Gasteiger partial charge in [0.2, 0.25) is 5.09 Å². The number of hydrogen-bond acceptors (Lipinski definition) is 6. The summed E-state index contributed by atoms with van der Waals surface area (Å²) in [4.78, 5) is 23.7. The summed E-state index contributed by atoms with van der Waals surface area (Å²) in [5, 5.41) is 2.42. The van der Waals surface area contributed by atoms with Crippen LogP contribution in [0.15, 0.2) is 52.0 Å². The number of esters is 1. The fourth-order valence-corrected chi connectivity index (χ4v) is 4.29. The van der Waals surface area contributed by atoms with Gasteiger partial charge in [0.25, 0.3) is 15.9 Å². The molecule has 29 heavy (non-hydrogen) atoms. The molecule has 0 spiro atoms. The smallest absolute Gasteiger partial charge is 0.330 e. The Morgan fingerprint density at radius 2 is 1.83 bits per heavy atom. The number of nitrogens with one attached hydrogen (secondary N) is 1. The summed E-state index contributed by atoms with van der Waals surface area (Å²) in [5.74, 6) is -1.07. The number of carbonyl (C=O) groups excluding carboxylic acids is 2. The molecular weight excluding hydrogens is 396 g/mol. The van der Waals surface area contributed by atoms with Crippen LogP contribution in [0.25, 0.3) is 6.08 Å². The lowest BCUT2D eigenvalue weighted by Crippen LogP contribution is -2.27. The van der Waals surface area contributed by atoms with E-state index in [0.717, 1.165) is 18.4 Å². The summed E-state index contributed by atoms with van der Waals surface area (Å²) in [5.41, 5.74) is 1.26. The lowest BCUT2D eigenvalue weighted by molar-refractivity contribution is -0.137. The van der Waals surface area contributed by atoms with Gasteiger partial charge in [0.1, 0.15) is 0 Å². The lowest BCUT2D eigenvalue weighted by atomic mass is 10.2. The van der Waals surface area contributed by atoms with E-state index in [2.05, 4.69) is 5.32 Å². The molecule has 2 heterocycles. The monoisotopic (exact) mass is 418 g/mol. The summed E-state index contributed by atoms with van der Waals surface area (Å²) in [6, 6.07) is 9.40. The van der Waals surface area contributed by atoms with Crippen LogP contribution in [0.4, 0.5) is 5.69 Å². The number of sulfonamides is 1. The van der Waals surface area contributed by atoms with Gasteiger partial charge in [-0.2, -0.15) is 4.31 Å². The van der Waals surface area contributed by atoms with Crippen molar-refractivity contribution in [2.24, 2.45) is 0 Å². The van der Waals surface area contributed by atoms with Crippen molar-refractivity contribution in [2.75, 3.05) is 25.0 Å². The number of amides is 1. The van der Waals surface area contributed by atoms with E-state index in [1.807, 2.05) is 0 Å². The largest absolute Gasteiger partial charge is 0.463 e. The molecule has 0 aliphatic carbocycles. The Bertz CT molecular complexity index is 1000. The molecule has 1 aliphatic rings. The Kier molecular flexibility index (Phi) is 6.50. The topological polar surface area (TPSA) is 106 Å². The SMILES string of the molecule is CCOC(=O)/C=C/c1ccc(NC(=O)c2ccc(S(=O)(=O)N3CCCC3)o2)cc1. The molecular formula is C20H22N2O6S. The average Bonchev–Trinajstić information content (AvgIpc) is 3.40. The number of rotatable bonds is 7.